The molecule has 0 spiro atoms. The van der Waals surface area contributed by atoms with Gasteiger partial charge in [0.1, 0.15) is 5.82 Å². The average Bonchev–Trinajstić information content (AvgIpc) is 3.06. The number of halogens is 1. The lowest BCUT2D eigenvalue weighted by Crippen LogP contribution is -2.17. The molecule has 2 nitrogen and oxygen atoms in total. The third-order valence-electron chi connectivity index (χ3n) is 4.79. The number of alkyl halides is 1. The summed E-state index contributed by atoms with van der Waals surface area (Å²) >= 11 is 6.40. The quantitative estimate of drug-likeness (QED) is 0.692. The van der Waals surface area contributed by atoms with Crippen molar-refractivity contribution in [2.45, 2.75) is 57.9 Å². The summed E-state index contributed by atoms with van der Waals surface area (Å²) in [5, 5.41) is -0.0503. The number of aromatic nitrogens is 2. The van der Waals surface area contributed by atoms with Crippen molar-refractivity contribution in [2.75, 3.05) is 0 Å². The summed E-state index contributed by atoms with van der Waals surface area (Å²) in [6.07, 6.45) is 5.41. The van der Waals surface area contributed by atoms with Gasteiger partial charge >= 0.3 is 0 Å². The first-order chi connectivity index (χ1) is 9.59. The van der Waals surface area contributed by atoms with Gasteiger partial charge in [0.2, 0.25) is 0 Å². The fraction of sp³-hybridized carbons (Fsp3) is 0.588. The normalized spacial score (nSPS) is 19.6. The van der Waals surface area contributed by atoms with Gasteiger partial charge in [-0.25, -0.2) is 4.98 Å². The number of imidazole rings is 1. The van der Waals surface area contributed by atoms with E-state index in [0.29, 0.717) is 6.04 Å². The SMILES string of the molecule is Cc1cccc2c1nc(C(C)Cl)n2C(C)C1CCCC1. The van der Waals surface area contributed by atoms with Gasteiger partial charge in [-0.1, -0.05) is 25.0 Å². The maximum absolute atomic E-state index is 6.40. The molecule has 1 aromatic carbocycles. The van der Waals surface area contributed by atoms with Crippen LogP contribution in [-0.4, -0.2) is 9.55 Å². The summed E-state index contributed by atoms with van der Waals surface area (Å²) in [4.78, 5) is 4.84. The summed E-state index contributed by atoms with van der Waals surface area (Å²) in [7, 11) is 0. The van der Waals surface area contributed by atoms with Crippen molar-refractivity contribution in [2.24, 2.45) is 5.92 Å². The van der Waals surface area contributed by atoms with Crippen LogP contribution in [-0.2, 0) is 0 Å². The molecule has 1 aromatic heterocycles. The zero-order valence-corrected chi connectivity index (χ0v) is 13.3. The monoisotopic (exact) mass is 290 g/mol. The lowest BCUT2D eigenvalue weighted by atomic mass is 9.99. The fourth-order valence-electron chi connectivity index (χ4n) is 3.63. The van der Waals surface area contributed by atoms with E-state index in [1.807, 2.05) is 6.92 Å². The number of nitrogens with zero attached hydrogens (tertiary/aromatic N) is 2. The molecule has 0 N–H and O–H groups in total. The van der Waals surface area contributed by atoms with Crippen molar-refractivity contribution in [1.82, 2.24) is 9.55 Å². The van der Waals surface area contributed by atoms with Crippen molar-refractivity contribution >= 4 is 22.6 Å². The Labute approximate surface area is 126 Å². The van der Waals surface area contributed by atoms with E-state index in [-0.39, 0.29) is 5.38 Å². The zero-order valence-electron chi connectivity index (χ0n) is 12.6. The maximum Gasteiger partial charge on any atom is 0.127 e. The van der Waals surface area contributed by atoms with E-state index >= 15 is 0 Å². The van der Waals surface area contributed by atoms with Crippen LogP contribution in [0.3, 0.4) is 0 Å². The Morgan fingerprint density at radius 1 is 1.25 bits per heavy atom. The van der Waals surface area contributed by atoms with Crippen LogP contribution in [0.2, 0.25) is 0 Å². The first-order valence-electron chi connectivity index (χ1n) is 7.71. The zero-order chi connectivity index (χ0) is 14.3. The molecule has 0 saturated heterocycles. The minimum absolute atomic E-state index is 0.0503. The van der Waals surface area contributed by atoms with Crippen molar-refractivity contribution in [3.63, 3.8) is 0 Å². The van der Waals surface area contributed by atoms with Crippen LogP contribution in [0, 0.1) is 12.8 Å². The molecule has 1 fully saturated rings. The predicted molar refractivity (Wildman–Crippen MR) is 85.4 cm³/mol. The number of hydrogen-bond acceptors (Lipinski definition) is 1. The van der Waals surface area contributed by atoms with Crippen molar-refractivity contribution in [3.8, 4) is 0 Å². The topological polar surface area (TPSA) is 17.8 Å². The molecule has 108 valence electrons. The Kier molecular flexibility index (Phi) is 3.76. The first-order valence-corrected chi connectivity index (χ1v) is 8.14. The number of benzene rings is 1. The van der Waals surface area contributed by atoms with Crippen LogP contribution in [0.4, 0.5) is 0 Å². The molecule has 0 aliphatic heterocycles. The molecule has 0 amide bonds. The second kappa shape index (κ2) is 5.40. The van der Waals surface area contributed by atoms with Crippen molar-refractivity contribution in [1.29, 1.82) is 0 Å². The van der Waals surface area contributed by atoms with E-state index in [1.165, 1.54) is 36.8 Å². The van der Waals surface area contributed by atoms with E-state index in [2.05, 4.69) is 36.6 Å². The molecule has 1 heterocycles. The number of aryl methyl sites for hydroxylation is 1. The summed E-state index contributed by atoms with van der Waals surface area (Å²) < 4.78 is 2.40. The molecule has 0 radical (unpaired) electrons. The van der Waals surface area contributed by atoms with Crippen LogP contribution < -0.4 is 0 Å². The minimum Gasteiger partial charge on any atom is -0.324 e. The van der Waals surface area contributed by atoms with E-state index in [0.717, 1.165) is 17.3 Å². The summed E-state index contributed by atoms with van der Waals surface area (Å²) in [5.41, 5.74) is 3.59. The van der Waals surface area contributed by atoms with Gasteiger partial charge in [0.25, 0.3) is 0 Å². The van der Waals surface area contributed by atoms with Gasteiger partial charge in [-0.2, -0.15) is 0 Å². The lowest BCUT2D eigenvalue weighted by Gasteiger charge is -2.24. The Morgan fingerprint density at radius 2 is 1.95 bits per heavy atom. The third-order valence-corrected chi connectivity index (χ3v) is 4.99. The molecular weight excluding hydrogens is 268 g/mol. The van der Waals surface area contributed by atoms with Crippen LogP contribution in [0.15, 0.2) is 18.2 Å². The molecular formula is C17H23ClN2. The van der Waals surface area contributed by atoms with Crippen LogP contribution >= 0.6 is 11.6 Å². The summed E-state index contributed by atoms with van der Waals surface area (Å²) in [5.74, 6) is 1.79. The number of rotatable bonds is 3. The van der Waals surface area contributed by atoms with Gasteiger partial charge in [0, 0.05) is 6.04 Å². The number of para-hydroxylation sites is 1. The Morgan fingerprint density at radius 3 is 2.60 bits per heavy atom. The highest BCUT2D eigenvalue weighted by atomic mass is 35.5. The highest BCUT2D eigenvalue weighted by Gasteiger charge is 2.27. The van der Waals surface area contributed by atoms with Crippen molar-refractivity contribution in [3.05, 3.63) is 29.6 Å². The Hall–Kier alpha value is -1.02. The van der Waals surface area contributed by atoms with Gasteiger partial charge in [-0.05, 0) is 51.2 Å². The average molecular weight is 291 g/mol. The predicted octanol–water partition coefficient (Wildman–Crippen LogP) is 5.40. The third kappa shape index (κ3) is 2.24. The summed E-state index contributed by atoms with van der Waals surface area (Å²) in [6, 6.07) is 6.92. The van der Waals surface area contributed by atoms with Gasteiger partial charge in [0.15, 0.2) is 0 Å². The van der Waals surface area contributed by atoms with Crippen LogP contribution in [0.25, 0.3) is 11.0 Å². The largest absolute Gasteiger partial charge is 0.324 e. The van der Waals surface area contributed by atoms with Gasteiger partial charge in [-0.15, -0.1) is 11.6 Å². The summed E-state index contributed by atoms with van der Waals surface area (Å²) in [6.45, 7) is 6.49. The minimum atomic E-state index is -0.0503. The smallest absolute Gasteiger partial charge is 0.127 e. The molecule has 0 bridgehead atoms. The van der Waals surface area contributed by atoms with Crippen LogP contribution in [0.5, 0.6) is 0 Å². The highest BCUT2D eigenvalue weighted by molar-refractivity contribution is 6.20. The number of fused-ring (bicyclic) bond motifs is 1. The second-order valence-corrected chi connectivity index (χ2v) is 6.84. The van der Waals surface area contributed by atoms with E-state index in [9.17, 15) is 0 Å². The molecule has 20 heavy (non-hydrogen) atoms. The molecule has 2 unspecified atom stereocenters. The molecule has 2 atom stereocenters. The van der Waals surface area contributed by atoms with Gasteiger partial charge in [-0.3, -0.25) is 0 Å². The Balaban J connectivity index is 2.15. The standard InChI is InChI=1S/C17H23ClN2/c1-11-7-6-10-15-16(11)19-17(12(2)18)20(15)13(3)14-8-4-5-9-14/h6-7,10,12-14H,4-5,8-9H2,1-3H3. The van der Waals surface area contributed by atoms with E-state index < -0.39 is 0 Å². The van der Waals surface area contributed by atoms with Gasteiger partial charge < -0.3 is 4.57 Å². The molecule has 3 rings (SSSR count). The lowest BCUT2D eigenvalue weighted by molar-refractivity contribution is 0.359. The molecule has 2 aromatic rings. The van der Waals surface area contributed by atoms with Crippen LogP contribution in [0.1, 0.15) is 62.3 Å². The Bertz CT molecular complexity index is 609. The highest BCUT2D eigenvalue weighted by Crippen LogP contribution is 2.38. The van der Waals surface area contributed by atoms with Crippen molar-refractivity contribution < 1.29 is 0 Å². The molecule has 1 saturated carbocycles. The van der Waals surface area contributed by atoms with E-state index in [1.54, 1.807) is 0 Å². The fourth-order valence-corrected chi connectivity index (χ4v) is 3.79. The number of hydrogen-bond donors (Lipinski definition) is 0. The molecule has 3 heteroatoms. The molecule has 1 aliphatic rings. The first kappa shape index (κ1) is 13.9. The second-order valence-electron chi connectivity index (χ2n) is 6.18. The van der Waals surface area contributed by atoms with Gasteiger partial charge in [0.05, 0.1) is 16.4 Å². The molecule has 1 aliphatic carbocycles. The van der Waals surface area contributed by atoms with E-state index in [4.69, 9.17) is 16.6 Å². The maximum atomic E-state index is 6.40.